The second-order valence-corrected chi connectivity index (χ2v) is 10.8. The van der Waals surface area contributed by atoms with Crippen molar-refractivity contribution in [3.05, 3.63) is 74.9 Å². The first-order valence-corrected chi connectivity index (χ1v) is 13.9. The number of nitrogens with zero attached hydrogens (tertiary/aromatic N) is 1. The Hall–Kier alpha value is -2.68. The van der Waals surface area contributed by atoms with E-state index in [9.17, 15) is 27.9 Å². The molecule has 2 aliphatic rings. The number of carbonyl (C=O) groups excluding carboxylic acids is 2. The van der Waals surface area contributed by atoms with Gasteiger partial charge in [0.25, 0.3) is 5.91 Å². The summed E-state index contributed by atoms with van der Waals surface area (Å²) in [6, 6.07) is 10.1. The third kappa shape index (κ3) is 7.33. The number of carbonyl (C=O) groups is 2. The molecule has 4 atom stereocenters. The number of nitrogens with one attached hydrogen (secondary N) is 1. The molecule has 4 unspecified atom stereocenters. The Morgan fingerprint density at radius 2 is 1.88 bits per heavy atom. The smallest absolute Gasteiger partial charge is 0.416 e. The van der Waals surface area contributed by atoms with E-state index in [4.69, 9.17) is 14.6 Å². The standard InChI is InChI=1S/C28H30F3IN2O6/c29-28(30,31)19-9-7-17(8-10-19)27(38)34(16-20-4-3-13-39-20)22-14-18(26(37)33-11-12-35)15-24(25(22)36)40-23-6-2-1-5-21(23)32/h1-2,5-10,15,20,22,24-25,35-36H,3-4,11-14,16H2,(H,33,37). The number of aliphatic hydroxyl groups excluding tert-OH is 2. The highest BCUT2D eigenvalue weighted by molar-refractivity contribution is 14.1. The maximum atomic E-state index is 13.8. The number of amides is 2. The Kier molecular flexibility index (Phi) is 10.1. The third-order valence-corrected chi connectivity index (χ3v) is 7.75. The van der Waals surface area contributed by atoms with Crippen LogP contribution in [0.4, 0.5) is 13.2 Å². The summed E-state index contributed by atoms with van der Waals surface area (Å²) in [4.78, 5) is 28.1. The van der Waals surface area contributed by atoms with Crippen LogP contribution in [-0.4, -0.2) is 77.6 Å². The fourth-order valence-corrected chi connectivity index (χ4v) is 5.33. The summed E-state index contributed by atoms with van der Waals surface area (Å²) in [5, 5.41) is 23.3. The molecule has 1 heterocycles. The van der Waals surface area contributed by atoms with Gasteiger partial charge in [0, 0.05) is 37.3 Å². The van der Waals surface area contributed by atoms with Crippen molar-refractivity contribution in [3.8, 4) is 5.75 Å². The Morgan fingerprint density at radius 1 is 1.15 bits per heavy atom. The van der Waals surface area contributed by atoms with Crippen molar-refractivity contribution in [1.29, 1.82) is 0 Å². The maximum Gasteiger partial charge on any atom is 0.416 e. The van der Waals surface area contributed by atoms with Crippen molar-refractivity contribution in [2.75, 3.05) is 26.3 Å². The van der Waals surface area contributed by atoms with Gasteiger partial charge in [0.1, 0.15) is 18.0 Å². The van der Waals surface area contributed by atoms with Crippen molar-refractivity contribution in [1.82, 2.24) is 10.2 Å². The predicted molar refractivity (Wildman–Crippen MR) is 148 cm³/mol. The molecule has 3 N–H and O–H groups in total. The minimum Gasteiger partial charge on any atom is -0.482 e. The SMILES string of the molecule is O=C(NCCO)C1=CC(Oc2ccccc2I)C(O)C(N(CC2CCCO2)C(=O)c2ccc(C(F)(F)F)cc2)C1. The van der Waals surface area contributed by atoms with E-state index >= 15 is 0 Å². The second-order valence-electron chi connectivity index (χ2n) is 9.61. The molecule has 0 spiro atoms. The predicted octanol–water partition coefficient (Wildman–Crippen LogP) is 3.55. The van der Waals surface area contributed by atoms with E-state index in [1.54, 1.807) is 12.1 Å². The van der Waals surface area contributed by atoms with Crippen LogP contribution >= 0.6 is 22.6 Å². The summed E-state index contributed by atoms with van der Waals surface area (Å²) in [5.74, 6) is -0.612. The lowest BCUT2D eigenvalue weighted by Gasteiger charge is -2.41. The van der Waals surface area contributed by atoms with Gasteiger partial charge in [0.05, 0.1) is 27.9 Å². The van der Waals surface area contributed by atoms with Gasteiger partial charge in [-0.15, -0.1) is 0 Å². The summed E-state index contributed by atoms with van der Waals surface area (Å²) in [6.07, 6.45) is -4.26. The van der Waals surface area contributed by atoms with E-state index in [0.717, 1.165) is 34.3 Å². The van der Waals surface area contributed by atoms with Crippen LogP contribution in [0, 0.1) is 3.57 Å². The molecule has 2 amide bonds. The monoisotopic (exact) mass is 674 g/mol. The zero-order valence-electron chi connectivity index (χ0n) is 21.4. The average molecular weight is 674 g/mol. The summed E-state index contributed by atoms with van der Waals surface area (Å²) in [7, 11) is 0. The minimum absolute atomic E-state index is 0.00843. The summed E-state index contributed by atoms with van der Waals surface area (Å²) in [6.45, 7) is 0.316. The van der Waals surface area contributed by atoms with Crippen LogP contribution < -0.4 is 10.1 Å². The van der Waals surface area contributed by atoms with Gasteiger partial charge < -0.3 is 29.9 Å². The molecule has 2 aromatic carbocycles. The van der Waals surface area contributed by atoms with Gasteiger partial charge in [-0.05, 0) is 77.9 Å². The van der Waals surface area contributed by atoms with Crippen LogP contribution in [0.1, 0.15) is 35.2 Å². The number of ether oxygens (including phenoxy) is 2. The number of alkyl halides is 3. The molecule has 1 saturated heterocycles. The fraction of sp³-hybridized carbons (Fsp3) is 0.429. The molecule has 2 aromatic rings. The van der Waals surface area contributed by atoms with Crippen molar-refractivity contribution >= 4 is 34.4 Å². The zero-order chi connectivity index (χ0) is 28.9. The second kappa shape index (κ2) is 13.3. The van der Waals surface area contributed by atoms with Gasteiger partial charge in [0.2, 0.25) is 5.91 Å². The lowest BCUT2D eigenvalue weighted by atomic mass is 9.87. The highest BCUT2D eigenvalue weighted by Crippen LogP contribution is 2.32. The van der Waals surface area contributed by atoms with Crippen LogP contribution in [0.25, 0.3) is 0 Å². The molecule has 0 saturated carbocycles. The molecule has 1 aliphatic heterocycles. The first-order valence-electron chi connectivity index (χ1n) is 12.9. The molecular formula is C28H30F3IN2O6. The van der Waals surface area contributed by atoms with Gasteiger partial charge in [-0.2, -0.15) is 13.2 Å². The third-order valence-electron chi connectivity index (χ3n) is 6.86. The molecule has 1 fully saturated rings. The van der Waals surface area contributed by atoms with Crippen LogP contribution in [0.3, 0.4) is 0 Å². The largest absolute Gasteiger partial charge is 0.482 e. The Morgan fingerprint density at radius 3 is 2.50 bits per heavy atom. The molecule has 216 valence electrons. The lowest BCUT2D eigenvalue weighted by molar-refractivity contribution is -0.137. The van der Waals surface area contributed by atoms with Crippen molar-refractivity contribution < 1.29 is 42.4 Å². The summed E-state index contributed by atoms with van der Waals surface area (Å²) in [5.41, 5.74) is -0.629. The van der Waals surface area contributed by atoms with Gasteiger partial charge in [-0.3, -0.25) is 9.59 Å². The number of hydrogen-bond acceptors (Lipinski definition) is 6. The molecule has 0 bridgehead atoms. The normalized spacial score (nSPS) is 22.9. The van der Waals surface area contributed by atoms with Crippen LogP contribution in [-0.2, 0) is 15.7 Å². The van der Waals surface area contributed by atoms with Crippen molar-refractivity contribution in [3.63, 3.8) is 0 Å². The molecule has 4 rings (SSSR count). The highest BCUT2D eigenvalue weighted by Gasteiger charge is 2.42. The summed E-state index contributed by atoms with van der Waals surface area (Å²) < 4.78 is 52.0. The quantitative estimate of drug-likeness (QED) is 0.352. The van der Waals surface area contributed by atoms with E-state index in [2.05, 4.69) is 27.9 Å². The van der Waals surface area contributed by atoms with Crippen molar-refractivity contribution in [2.45, 2.75) is 49.8 Å². The Labute approximate surface area is 243 Å². The van der Waals surface area contributed by atoms with Crippen LogP contribution in [0.15, 0.2) is 60.2 Å². The van der Waals surface area contributed by atoms with Crippen LogP contribution in [0.5, 0.6) is 5.75 Å². The van der Waals surface area contributed by atoms with E-state index in [-0.39, 0.29) is 43.4 Å². The van der Waals surface area contributed by atoms with E-state index in [0.29, 0.717) is 18.8 Å². The Bertz CT molecular complexity index is 1220. The minimum atomic E-state index is -4.56. The first kappa shape index (κ1) is 30.3. The molecule has 0 radical (unpaired) electrons. The molecule has 12 heteroatoms. The molecule has 1 aliphatic carbocycles. The lowest BCUT2D eigenvalue weighted by Crippen LogP contribution is -2.56. The fourth-order valence-electron chi connectivity index (χ4n) is 4.81. The van der Waals surface area contributed by atoms with Gasteiger partial charge in [-0.25, -0.2) is 0 Å². The number of hydrogen-bond donors (Lipinski definition) is 3. The molecule has 8 nitrogen and oxygen atoms in total. The summed E-state index contributed by atoms with van der Waals surface area (Å²) >= 11 is 2.08. The van der Waals surface area contributed by atoms with Gasteiger partial charge >= 0.3 is 6.18 Å². The highest BCUT2D eigenvalue weighted by atomic mass is 127. The van der Waals surface area contributed by atoms with Gasteiger partial charge in [0.15, 0.2) is 0 Å². The zero-order valence-corrected chi connectivity index (χ0v) is 23.6. The number of para-hydroxylation sites is 1. The maximum absolute atomic E-state index is 13.8. The molecule has 0 aromatic heterocycles. The molecule has 40 heavy (non-hydrogen) atoms. The topological polar surface area (TPSA) is 108 Å². The van der Waals surface area contributed by atoms with E-state index in [1.807, 2.05) is 12.1 Å². The average Bonchev–Trinajstić information content (AvgIpc) is 3.45. The number of aliphatic hydroxyl groups is 2. The van der Waals surface area contributed by atoms with Crippen molar-refractivity contribution in [2.24, 2.45) is 0 Å². The molecular weight excluding hydrogens is 644 g/mol. The van der Waals surface area contributed by atoms with E-state index in [1.165, 1.54) is 11.0 Å². The first-order chi connectivity index (χ1) is 19.1. The number of rotatable bonds is 9. The van der Waals surface area contributed by atoms with Crippen LogP contribution in [0.2, 0.25) is 0 Å². The Balaban J connectivity index is 1.69. The van der Waals surface area contributed by atoms with Gasteiger partial charge in [-0.1, -0.05) is 12.1 Å². The number of halogens is 4. The van der Waals surface area contributed by atoms with E-state index < -0.39 is 41.8 Å². The number of benzene rings is 2.